The molecule has 0 spiro atoms. The van der Waals surface area contributed by atoms with Gasteiger partial charge in [0.15, 0.2) is 0 Å². The van der Waals surface area contributed by atoms with Gasteiger partial charge in [0.2, 0.25) is 0 Å². The Hall–Kier alpha value is -10.6. The van der Waals surface area contributed by atoms with Crippen molar-refractivity contribution < 1.29 is 53.8 Å². The largest absolute Gasteiger partial charge is 0.491 e. The van der Waals surface area contributed by atoms with Crippen molar-refractivity contribution in [2.24, 2.45) is 5.92 Å². The molecule has 3 heterocycles. The Morgan fingerprint density at radius 1 is 0.397 bits per heavy atom. The molecule has 0 radical (unpaired) electrons. The van der Waals surface area contributed by atoms with Crippen LogP contribution < -0.4 is 43.1 Å². The number of hydrogen-bond acceptors (Lipinski definition) is 15. The molecule has 1 aliphatic carbocycles. The summed E-state index contributed by atoms with van der Waals surface area (Å²) in [4.78, 5) is 57.0. The summed E-state index contributed by atoms with van der Waals surface area (Å²) in [6.45, 7) is 19.6. The highest BCUT2D eigenvalue weighted by atomic mass is 32.2. The molecule has 0 unspecified atom stereocenters. The van der Waals surface area contributed by atoms with E-state index in [2.05, 4.69) is 49.6 Å². The van der Waals surface area contributed by atoms with E-state index in [-0.39, 0.29) is 62.7 Å². The molecule has 9 aromatic carbocycles. The fourth-order valence-electron chi connectivity index (χ4n) is 15.1. The predicted molar refractivity (Wildman–Crippen MR) is 463 cm³/mol. The SMILES string of the molecule is CCCCc1ccc(NS(=O)(=O)c2ccc(C)c(C(=O)N3CCN(c4ccc(-c5ccc(S(=O)(=O)Nc6ccc(CCCC)cc6)cc5C(=O)N5CCN(c6ccc(-c7ccc(S(=O)(=O)Nc8ccc(CCCC)cc8)cc7C(=O)N7CCN(c8ccccc8OC(C)C)CC7)cc6OCC6CC6)CC5)cc4OCCC)CC3)c2)cc1. The lowest BCUT2D eigenvalue weighted by molar-refractivity contribution is 0.0738. The van der Waals surface area contributed by atoms with Gasteiger partial charge >= 0.3 is 0 Å². The lowest BCUT2D eigenvalue weighted by Gasteiger charge is -2.37. The quantitative estimate of drug-likeness (QED) is 0.0340. The van der Waals surface area contributed by atoms with Crippen molar-refractivity contribution >= 4 is 81.9 Å². The smallest absolute Gasteiger partial charge is 0.261 e. The molecule has 4 aliphatic rings. The number of sulfonamides is 3. The van der Waals surface area contributed by atoms with Gasteiger partial charge in [0.1, 0.15) is 17.2 Å². The summed E-state index contributed by atoms with van der Waals surface area (Å²) in [5.41, 5.74) is 10.7. The second-order valence-electron chi connectivity index (χ2n) is 31.0. The minimum atomic E-state index is -4.25. The molecule has 4 fully saturated rings. The molecule has 1 saturated carbocycles. The number of rotatable bonds is 34. The van der Waals surface area contributed by atoms with E-state index in [4.69, 9.17) is 14.2 Å². The van der Waals surface area contributed by atoms with Crippen molar-refractivity contribution in [1.82, 2.24) is 14.7 Å². The van der Waals surface area contributed by atoms with E-state index in [9.17, 15) is 30.0 Å². The molecule has 13 rings (SSSR count). The number of ether oxygens (including phenoxy) is 3. The van der Waals surface area contributed by atoms with Crippen LogP contribution in [0, 0.1) is 12.8 Å². The number of carbonyl (C=O) groups excluding carboxylic acids is 3. The van der Waals surface area contributed by atoms with Gasteiger partial charge in [-0.15, -0.1) is 0 Å². The maximum atomic E-state index is 15.6. The van der Waals surface area contributed by atoms with E-state index in [1.807, 2.05) is 118 Å². The van der Waals surface area contributed by atoms with E-state index in [1.165, 1.54) is 30.3 Å². The van der Waals surface area contributed by atoms with Crippen molar-refractivity contribution in [3.8, 4) is 39.5 Å². The van der Waals surface area contributed by atoms with Crippen LogP contribution in [0.25, 0.3) is 22.3 Å². The number of amides is 3. The van der Waals surface area contributed by atoms with Crippen LogP contribution in [0.4, 0.5) is 34.1 Å². The summed E-state index contributed by atoms with van der Waals surface area (Å²) >= 11 is 0. The molecule has 24 heteroatoms. The first-order valence-corrected chi connectivity index (χ1v) is 45.6. The molecule has 21 nitrogen and oxygen atoms in total. The van der Waals surface area contributed by atoms with Gasteiger partial charge in [-0.05, 0) is 238 Å². The minimum Gasteiger partial charge on any atom is -0.491 e. The van der Waals surface area contributed by atoms with Crippen LogP contribution in [0.5, 0.6) is 17.2 Å². The van der Waals surface area contributed by atoms with E-state index in [0.717, 1.165) is 110 Å². The van der Waals surface area contributed by atoms with Crippen molar-refractivity contribution in [2.75, 3.05) is 121 Å². The molecule has 3 N–H and O–H groups in total. The van der Waals surface area contributed by atoms with E-state index < -0.39 is 30.1 Å². The number of piperazine rings is 3. The van der Waals surface area contributed by atoms with Crippen LogP contribution in [0.15, 0.2) is 203 Å². The fraction of sp³-hybridized carbons (Fsp3) is 0.380. The van der Waals surface area contributed by atoms with Gasteiger partial charge in [-0.2, -0.15) is 0 Å². The Kier molecular flexibility index (Phi) is 27.0. The number of aryl methyl sites for hydroxylation is 4. The maximum absolute atomic E-state index is 15.6. The third kappa shape index (κ3) is 20.4. The first-order valence-electron chi connectivity index (χ1n) is 41.1. The zero-order valence-corrected chi connectivity index (χ0v) is 70.2. The van der Waals surface area contributed by atoms with Crippen molar-refractivity contribution in [3.05, 3.63) is 227 Å². The molecular formula is C92H109N9O12S3. The molecule has 0 aromatic heterocycles. The molecule has 3 saturated heterocycles. The third-order valence-electron chi connectivity index (χ3n) is 22.0. The molecule has 0 bridgehead atoms. The number of nitrogens with one attached hydrogen (secondary N) is 3. The van der Waals surface area contributed by atoms with Crippen LogP contribution in [0.3, 0.4) is 0 Å². The van der Waals surface area contributed by atoms with Crippen molar-refractivity contribution in [1.29, 1.82) is 0 Å². The monoisotopic (exact) mass is 1630 g/mol. The van der Waals surface area contributed by atoms with E-state index >= 15 is 9.59 Å². The summed E-state index contributed by atoms with van der Waals surface area (Å²) < 4.78 is 113. The zero-order valence-electron chi connectivity index (χ0n) is 67.7. The fourth-order valence-corrected chi connectivity index (χ4v) is 18.3. The average Bonchev–Trinajstić information content (AvgIpc) is 0.808. The molecule has 3 aliphatic heterocycles. The van der Waals surface area contributed by atoms with Crippen LogP contribution in [-0.4, -0.2) is 156 Å². The van der Waals surface area contributed by atoms with E-state index in [1.54, 1.807) is 82.3 Å². The molecule has 116 heavy (non-hydrogen) atoms. The first-order chi connectivity index (χ1) is 56.0. The lowest BCUT2D eigenvalue weighted by Crippen LogP contribution is -2.49. The van der Waals surface area contributed by atoms with E-state index in [0.29, 0.717) is 153 Å². The third-order valence-corrected chi connectivity index (χ3v) is 26.2. The summed E-state index contributed by atoms with van der Waals surface area (Å²) in [6, 6.07) is 55.7. The standard InChI is InChI=1S/C92H109N9O12S3/c1-8-12-17-67-25-33-73(34-26-67)93-114(105,106)76-39-22-66(7)81(61-76)90(102)99-52-48-97(49-53-99)85-44-31-71(59-88(85)111-58-11-4)79-42-40-77(115(107,108)94-74-35-27-68(28-36-74)18-13-9-2)62-82(79)91(103)101-56-50-98(51-57-101)86-45-32-72(60-89(86)112-64-70-23-24-70)80-43-41-78(116(109,110)95-75-37-29-69(30-38-75)19-14-10-3)63-83(80)92(104)100-54-46-96(47-55-100)84-20-15-16-21-87(84)113-65(5)6/h15-16,20-22,25-45,59-63,65,70,93-95H,8-14,17-19,23-24,46-58,64H2,1-7H3. The maximum Gasteiger partial charge on any atom is 0.261 e. The number of para-hydroxylation sites is 2. The number of nitrogens with zero attached hydrogens (tertiary/aromatic N) is 6. The normalized spacial score (nSPS) is 14.9. The Labute approximate surface area is 685 Å². The Balaban J connectivity index is 0.762. The highest BCUT2D eigenvalue weighted by molar-refractivity contribution is 7.93. The van der Waals surface area contributed by atoms with Gasteiger partial charge < -0.3 is 43.6 Å². The molecule has 9 aromatic rings. The minimum absolute atomic E-state index is 0.0133. The van der Waals surface area contributed by atoms with Crippen molar-refractivity contribution in [2.45, 2.75) is 146 Å². The highest BCUT2D eigenvalue weighted by Gasteiger charge is 2.34. The molecule has 3 amide bonds. The first kappa shape index (κ1) is 83.4. The second-order valence-corrected chi connectivity index (χ2v) is 36.1. The van der Waals surface area contributed by atoms with Gasteiger partial charge in [-0.25, -0.2) is 25.3 Å². The van der Waals surface area contributed by atoms with Gasteiger partial charge in [0, 0.05) is 112 Å². The number of hydrogen-bond donors (Lipinski definition) is 3. The second kappa shape index (κ2) is 37.6. The lowest BCUT2D eigenvalue weighted by atomic mass is 9.97. The summed E-state index contributed by atoms with van der Waals surface area (Å²) in [5, 5.41) is 0. The van der Waals surface area contributed by atoms with Crippen LogP contribution >= 0.6 is 0 Å². The van der Waals surface area contributed by atoms with Gasteiger partial charge in [-0.1, -0.05) is 126 Å². The number of benzene rings is 9. The van der Waals surface area contributed by atoms with Crippen LogP contribution in [0.1, 0.15) is 153 Å². The Morgan fingerprint density at radius 2 is 0.759 bits per heavy atom. The van der Waals surface area contributed by atoms with Crippen molar-refractivity contribution in [3.63, 3.8) is 0 Å². The highest BCUT2D eigenvalue weighted by Crippen LogP contribution is 2.42. The summed E-state index contributed by atoms with van der Waals surface area (Å²) in [7, 11) is -12.5. The van der Waals surface area contributed by atoms with Gasteiger partial charge in [0.05, 0.1) is 51.1 Å². The topological polar surface area (TPSA) is 237 Å². The van der Waals surface area contributed by atoms with Gasteiger partial charge in [-0.3, -0.25) is 28.5 Å². The Bertz CT molecular complexity index is 5310. The molecule has 0 atom stereocenters. The molecule has 612 valence electrons. The predicted octanol–water partition coefficient (Wildman–Crippen LogP) is 17.0. The number of anilines is 6. The number of unbranched alkanes of at least 4 members (excludes halogenated alkanes) is 3. The summed E-state index contributed by atoms with van der Waals surface area (Å²) in [6.07, 6.45) is 11.6. The average molecular weight is 1630 g/mol. The summed E-state index contributed by atoms with van der Waals surface area (Å²) in [5.74, 6) is 1.30. The van der Waals surface area contributed by atoms with Crippen LogP contribution in [-0.2, 0) is 49.3 Å². The van der Waals surface area contributed by atoms with Crippen LogP contribution in [0.2, 0.25) is 0 Å². The molecular weight excluding hydrogens is 1520 g/mol. The zero-order chi connectivity index (χ0) is 81.7. The van der Waals surface area contributed by atoms with Gasteiger partial charge in [0.25, 0.3) is 47.8 Å². The number of carbonyl (C=O) groups is 3. The Morgan fingerprint density at radius 3 is 1.14 bits per heavy atom.